The van der Waals surface area contributed by atoms with Crippen LogP contribution in [-0.4, -0.2) is 23.7 Å². The summed E-state index contributed by atoms with van der Waals surface area (Å²) >= 11 is 0. The van der Waals surface area contributed by atoms with Gasteiger partial charge in [0.2, 0.25) is 0 Å². The molecule has 0 aliphatic rings. The fourth-order valence-electron chi connectivity index (χ4n) is 2.04. The third-order valence-corrected chi connectivity index (χ3v) is 3.34. The highest BCUT2D eigenvalue weighted by Gasteiger charge is 2.13. The van der Waals surface area contributed by atoms with Gasteiger partial charge in [-0.05, 0) is 36.6 Å². The van der Waals surface area contributed by atoms with E-state index in [0.717, 1.165) is 17.5 Å². The number of hydrogen-bond donors (Lipinski definition) is 2. The van der Waals surface area contributed by atoms with Crippen molar-refractivity contribution in [2.24, 2.45) is 0 Å². The molecule has 2 aromatic rings. The average Bonchev–Trinajstić information content (AvgIpc) is 2.56. The Morgan fingerprint density at radius 2 is 1.73 bits per heavy atom. The van der Waals surface area contributed by atoms with Gasteiger partial charge in [-0.1, -0.05) is 42.5 Å². The SMILES string of the molecule is CC(Oc1ccccc1)C(=O)NCCc1ccc(CO)cc1. The summed E-state index contributed by atoms with van der Waals surface area (Å²) in [7, 11) is 0. The van der Waals surface area contributed by atoms with Crippen molar-refractivity contribution in [3.63, 3.8) is 0 Å². The molecule has 4 heteroatoms. The largest absolute Gasteiger partial charge is 0.481 e. The minimum Gasteiger partial charge on any atom is -0.481 e. The highest BCUT2D eigenvalue weighted by atomic mass is 16.5. The molecule has 1 atom stereocenters. The Bertz CT molecular complexity index is 581. The normalized spacial score (nSPS) is 11.7. The monoisotopic (exact) mass is 299 g/mol. The second-order valence-electron chi connectivity index (χ2n) is 5.09. The molecule has 0 bridgehead atoms. The van der Waals surface area contributed by atoms with Gasteiger partial charge in [-0.2, -0.15) is 0 Å². The number of aliphatic hydroxyl groups is 1. The summed E-state index contributed by atoms with van der Waals surface area (Å²) in [5.74, 6) is 0.556. The van der Waals surface area contributed by atoms with E-state index in [4.69, 9.17) is 9.84 Å². The summed E-state index contributed by atoms with van der Waals surface area (Å²) < 4.78 is 5.57. The van der Waals surface area contributed by atoms with Crippen molar-refractivity contribution < 1.29 is 14.6 Å². The van der Waals surface area contributed by atoms with Gasteiger partial charge in [0.15, 0.2) is 6.10 Å². The van der Waals surface area contributed by atoms with Crippen molar-refractivity contribution in [2.45, 2.75) is 26.1 Å². The molecule has 0 fully saturated rings. The van der Waals surface area contributed by atoms with Gasteiger partial charge in [0.05, 0.1) is 6.61 Å². The molecule has 22 heavy (non-hydrogen) atoms. The third-order valence-electron chi connectivity index (χ3n) is 3.34. The first-order valence-electron chi connectivity index (χ1n) is 7.37. The number of carbonyl (C=O) groups excluding carboxylic acids is 1. The molecule has 0 saturated heterocycles. The van der Waals surface area contributed by atoms with Crippen molar-refractivity contribution >= 4 is 5.91 Å². The molecule has 0 saturated carbocycles. The van der Waals surface area contributed by atoms with Crippen LogP contribution in [0.15, 0.2) is 54.6 Å². The van der Waals surface area contributed by atoms with Gasteiger partial charge >= 0.3 is 0 Å². The van der Waals surface area contributed by atoms with Crippen molar-refractivity contribution in [1.82, 2.24) is 5.32 Å². The predicted molar refractivity (Wildman–Crippen MR) is 85.6 cm³/mol. The highest BCUT2D eigenvalue weighted by Crippen LogP contribution is 2.10. The Kier molecular flexibility index (Phi) is 5.98. The molecule has 1 unspecified atom stereocenters. The summed E-state index contributed by atoms with van der Waals surface area (Å²) in [6.45, 7) is 2.34. The van der Waals surface area contributed by atoms with Crippen molar-refractivity contribution in [3.05, 3.63) is 65.7 Å². The molecule has 0 heterocycles. The quantitative estimate of drug-likeness (QED) is 0.825. The van der Waals surface area contributed by atoms with Gasteiger partial charge in [0, 0.05) is 6.54 Å². The zero-order valence-electron chi connectivity index (χ0n) is 12.7. The van der Waals surface area contributed by atoms with Crippen molar-refractivity contribution in [1.29, 1.82) is 0 Å². The molecule has 1 amide bonds. The van der Waals surface area contributed by atoms with Gasteiger partial charge in [0.1, 0.15) is 5.75 Å². The van der Waals surface area contributed by atoms with Crippen LogP contribution in [0.3, 0.4) is 0 Å². The topological polar surface area (TPSA) is 58.6 Å². The van der Waals surface area contributed by atoms with Gasteiger partial charge in [0.25, 0.3) is 5.91 Å². The van der Waals surface area contributed by atoms with Crippen LogP contribution in [0.4, 0.5) is 0 Å². The molecular formula is C18H21NO3. The lowest BCUT2D eigenvalue weighted by Crippen LogP contribution is -2.37. The van der Waals surface area contributed by atoms with Gasteiger partial charge in [-0.15, -0.1) is 0 Å². The first-order valence-corrected chi connectivity index (χ1v) is 7.37. The maximum atomic E-state index is 12.0. The second-order valence-corrected chi connectivity index (χ2v) is 5.09. The van der Waals surface area contributed by atoms with E-state index in [2.05, 4.69) is 5.32 Å². The first-order chi connectivity index (χ1) is 10.7. The molecule has 0 aliphatic carbocycles. The zero-order valence-corrected chi connectivity index (χ0v) is 12.7. The van der Waals surface area contributed by atoms with Crippen LogP contribution in [0, 0.1) is 0 Å². The van der Waals surface area contributed by atoms with E-state index in [1.807, 2.05) is 54.6 Å². The first kappa shape index (κ1) is 16.0. The Balaban J connectivity index is 1.74. The minimum absolute atomic E-state index is 0.0470. The molecule has 0 spiro atoms. The van der Waals surface area contributed by atoms with Crippen LogP contribution in [0.2, 0.25) is 0 Å². The average molecular weight is 299 g/mol. The Hall–Kier alpha value is -2.33. The molecule has 116 valence electrons. The Labute approximate surface area is 130 Å². The summed E-state index contributed by atoms with van der Waals surface area (Å²) in [5.41, 5.74) is 2.01. The lowest BCUT2D eigenvalue weighted by atomic mass is 10.1. The Morgan fingerprint density at radius 3 is 2.36 bits per heavy atom. The molecule has 2 aromatic carbocycles. The predicted octanol–water partition coefficient (Wildman–Crippen LogP) is 2.31. The number of ether oxygens (including phenoxy) is 1. The fraction of sp³-hybridized carbons (Fsp3) is 0.278. The van der Waals surface area contributed by atoms with E-state index >= 15 is 0 Å². The maximum Gasteiger partial charge on any atom is 0.260 e. The van der Waals surface area contributed by atoms with E-state index < -0.39 is 6.10 Å². The van der Waals surface area contributed by atoms with Crippen LogP contribution in [0.25, 0.3) is 0 Å². The number of benzene rings is 2. The third kappa shape index (κ3) is 4.90. The highest BCUT2D eigenvalue weighted by molar-refractivity contribution is 5.80. The Morgan fingerprint density at radius 1 is 1.09 bits per heavy atom. The van der Waals surface area contributed by atoms with E-state index in [1.54, 1.807) is 6.92 Å². The van der Waals surface area contributed by atoms with E-state index in [0.29, 0.717) is 12.3 Å². The minimum atomic E-state index is -0.529. The maximum absolute atomic E-state index is 12.0. The zero-order chi connectivity index (χ0) is 15.8. The van der Waals surface area contributed by atoms with Crippen LogP contribution in [0.5, 0.6) is 5.75 Å². The number of para-hydroxylation sites is 1. The molecule has 4 nitrogen and oxygen atoms in total. The van der Waals surface area contributed by atoms with Crippen molar-refractivity contribution in [3.8, 4) is 5.75 Å². The van der Waals surface area contributed by atoms with E-state index in [9.17, 15) is 4.79 Å². The lowest BCUT2D eigenvalue weighted by molar-refractivity contribution is -0.127. The van der Waals surface area contributed by atoms with E-state index in [1.165, 1.54) is 0 Å². The van der Waals surface area contributed by atoms with Gasteiger partial charge in [-0.3, -0.25) is 4.79 Å². The molecule has 2 rings (SSSR count). The number of nitrogens with one attached hydrogen (secondary N) is 1. The standard InChI is InChI=1S/C18H21NO3/c1-14(22-17-5-3-2-4-6-17)18(21)19-12-11-15-7-9-16(13-20)10-8-15/h2-10,14,20H,11-13H2,1H3,(H,19,21). The molecule has 0 aliphatic heterocycles. The number of rotatable bonds is 7. The summed E-state index contributed by atoms with van der Waals surface area (Å²) in [5, 5.41) is 11.9. The molecule has 0 radical (unpaired) electrons. The molecule has 0 aromatic heterocycles. The summed E-state index contributed by atoms with van der Waals surface area (Å²) in [6, 6.07) is 17.0. The number of carbonyl (C=O) groups is 1. The number of amides is 1. The fourth-order valence-corrected chi connectivity index (χ4v) is 2.04. The van der Waals surface area contributed by atoms with Crippen molar-refractivity contribution in [2.75, 3.05) is 6.54 Å². The van der Waals surface area contributed by atoms with Crippen LogP contribution >= 0.6 is 0 Å². The number of aliphatic hydroxyl groups excluding tert-OH is 1. The summed E-state index contributed by atoms with van der Waals surface area (Å²) in [4.78, 5) is 12.0. The van der Waals surface area contributed by atoms with Crippen LogP contribution in [-0.2, 0) is 17.8 Å². The van der Waals surface area contributed by atoms with Crippen LogP contribution < -0.4 is 10.1 Å². The van der Waals surface area contributed by atoms with E-state index in [-0.39, 0.29) is 12.5 Å². The van der Waals surface area contributed by atoms with Crippen LogP contribution in [0.1, 0.15) is 18.1 Å². The smallest absolute Gasteiger partial charge is 0.260 e. The number of hydrogen-bond acceptors (Lipinski definition) is 3. The lowest BCUT2D eigenvalue weighted by Gasteiger charge is -2.14. The summed E-state index contributed by atoms with van der Waals surface area (Å²) in [6.07, 6.45) is 0.217. The van der Waals surface area contributed by atoms with Gasteiger partial charge < -0.3 is 15.2 Å². The van der Waals surface area contributed by atoms with Gasteiger partial charge in [-0.25, -0.2) is 0 Å². The second kappa shape index (κ2) is 8.20. The molecular weight excluding hydrogens is 278 g/mol. The molecule has 2 N–H and O–H groups in total.